The predicted molar refractivity (Wildman–Crippen MR) is 102 cm³/mol. The second-order valence-corrected chi connectivity index (χ2v) is 6.77. The van der Waals surface area contributed by atoms with Gasteiger partial charge >= 0.3 is 0 Å². The maximum Gasteiger partial charge on any atom is 0.230 e. The topological polar surface area (TPSA) is 79.9 Å². The number of hydrogen-bond acceptors (Lipinski definition) is 5. The van der Waals surface area contributed by atoms with Crippen molar-refractivity contribution in [3.05, 3.63) is 59.9 Å². The number of rotatable bonds is 7. The molecule has 0 saturated carbocycles. The normalized spacial score (nSPS) is 11.8. The lowest BCUT2D eigenvalue weighted by molar-refractivity contribution is -0.119. The molecular formula is C19H19FN4O2S. The van der Waals surface area contributed by atoms with Gasteiger partial charge in [0.25, 0.3) is 0 Å². The fraction of sp³-hybridized carbons (Fsp3) is 0.211. The molecule has 0 aliphatic rings. The largest absolute Gasteiger partial charge is 0.497 e. The van der Waals surface area contributed by atoms with Crippen LogP contribution in [0.4, 0.5) is 4.39 Å². The highest BCUT2D eigenvalue weighted by atomic mass is 32.2. The van der Waals surface area contributed by atoms with Crippen LogP contribution in [0.3, 0.4) is 0 Å². The molecule has 0 radical (unpaired) electrons. The highest BCUT2D eigenvalue weighted by Gasteiger charge is 2.12. The summed E-state index contributed by atoms with van der Waals surface area (Å²) >= 11 is 1.24. The highest BCUT2D eigenvalue weighted by molar-refractivity contribution is 7.99. The van der Waals surface area contributed by atoms with E-state index >= 15 is 0 Å². The van der Waals surface area contributed by atoms with E-state index in [2.05, 4.69) is 20.5 Å². The molecule has 0 saturated heterocycles. The highest BCUT2D eigenvalue weighted by Crippen LogP contribution is 2.22. The number of methoxy groups -OCH3 is 1. The molecule has 0 aliphatic carbocycles. The monoisotopic (exact) mass is 386 g/mol. The van der Waals surface area contributed by atoms with Gasteiger partial charge in [0.05, 0.1) is 18.9 Å². The maximum absolute atomic E-state index is 13.0. The van der Waals surface area contributed by atoms with Crippen LogP contribution in [-0.4, -0.2) is 34.0 Å². The van der Waals surface area contributed by atoms with Crippen molar-refractivity contribution in [3.8, 4) is 17.1 Å². The van der Waals surface area contributed by atoms with E-state index in [0.29, 0.717) is 11.0 Å². The summed E-state index contributed by atoms with van der Waals surface area (Å²) in [6.45, 7) is 1.85. The second-order valence-electron chi connectivity index (χ2n) is 5.82. The first-order valence-electron chi connectivity index (χ1n) is 8.29. The number of thioether (sulfide) groups is 1. The molecule has 0 bridgehead atoms. The number of carbonyl (C=O) groups is 1. The van der Waals surface area contributed by atoms with Crippen LogP contribution in [0.5, 0.6) is 5.75 Å². The molecule has 140 valence electrons. The third-order valence-electron chi connectivity index (χ3n) is 3.91. The summed E-state index contributed by atoms with van der Waals surface area (Å²) in [6, 6.07) is 13.3. The van der Waals surface area contributed by atoms with Crippen molar-refractivity contribution in [2.24, 2.45) is 0 Å². The van der Waals surface area contributed by atoms with E-state index in [9.17, 15) is 9.18 Å². The molecule has 2 aromatic carbocycles. The summed E-state index contributed by atoms with van der Waals surface area (Å²) in [5.74, 6) is 1.13. The number of aromatic amines is 1. The summed E-state index contributed by atoms with van der Waals surface area (Å²) in [5, 5.41) is 10.4. The van der Waals surface area contributed by atoms with Crippen LogP contribution in [0.25, 0.3) is 11.4 Å². The Morgan fingerprint density at radius 1 is 1.22 bits per heavy atom. The summed E-state index contributed by atoms with van der Waals surface area (Å²) < 4.78 is 18.1. The van der Waals surface area contributed by atoms with Gasteiger partial charge in [-0.2, -0.15) is 0 Å². The Kier molecular flexibility index (Phi) is 6.08. The van der Waals surface area contributed by atoms with Gasteiger partial charge in [-0.25, -0.2) is 9.37 Å². The lowest BCUT2D eigenvalue weighted by Crippen LogP contribution is -2.28. The molecule has 3 aromatic rings. The molecule has 1 atom stereocenters. The van der Waals surface area contributed by atoms with Crippen LogP contribution in [0, 0.1) is 5.82 Å². The van der Waals surface area contributed by atoms with E-state index < -0.39 is 0 Å². The van der Waals surface area contributed by atoms with Gasteiger partial charge in [-0.3, -0.25) is 9.89 Å². The zero-order valence-electron chi connectivity index (χ0n) is 14.9. The zero-order valence-corrected chi connectivity index (χ0v) is 15.7. The Balaban J connectivity index is 1.53. The molecule has 1 heterocycles. The average Bonchev–Trinajstić information content (AvgIpc) is 3.16. The molecule has 1 unspecified atom stereocenters. The van der Waals surface area contributed by atoms with Gasteiger partial charge in [-0.15, -0.1) is 5.10 Å². The quantitative estimate of drug-likeness (QED) is 0.607. The molecule has 3 rings (SSSR count). The van der Waals surface area contributed by atoms with Crippen LogP contribution in [0.1, 0.15) is 18.5 Å². The van der Waals surface area contributed by atoms with Gasteiger partial charge < -0.3 is 10.1 Å². The fourth-order valence-electron chi connectivity index (χ4n) is 2.44. The number of halogens is 1. The first-order valence-corrected chi connectivity index (χ1v) is 9.28. The van der Waals surface area contributed by atoms with Crippen LogP contribution in [-0.2, 0) is 4.79 Å². The first-order chi connectivity index (χ1) is 13.0. The second kappa shape index (κ2) is 8.68. The van der Waals surface area contributed by atoms with Crippen molar-refractivity contribution in [1.29, 1.82) is 0 Å². The van der Waals surface area contributed by atoms with E-state index in [1.807, 2.05) is 31.2 Å². The van der Waals surface area contributed by atoms with Crippen molar-refractivity contribution >= 4 is 17.7 Å². The minimum Gasteiger partial charge on any atom is -0.497 e. The smallest absolute Gasteiger partial charge is 0.230 e. The minimum absolute atomic E-state index is 0.146. The summed E-state index contributed by atoms with van der Waals surface area (Å²) in [5.41, 5.74) is 1.72. The fourth-order valence-corrected chi connectivity index (χ4v) is 3.05. The summed E-state index contributed by atoms with van der Waals surface area (Å²) in [4.78, 5) is 16.5. The Morgan fingerprint density at radius 3 is 2.59 bits per heavy atom. The van der Waals surface area contributed by atoms with E-state index in [4.69, 9.17) is 4.74 Å². The predicted octanol–water partition coefficient (Wildman–Crippen LogP) is 3.59. The summed E-state index contributed by atoms with van der Waals surface area (Å²) in [7, 11) is 1.61. The number of nitrogens with one attached hydrogen (secondary N) is 2. The molecule has 1 amide bonds. The van der Waals surface area contributed by atoms with E-state index in [1.165, 1.54) is 23.9 Å². The number of nitrogens with zero attached hydrogens (tertiary/aromatic N) is 2. The van der Waals surface area contributed by atoms with Crippen LogP contribution in [0.15, 0.2) is 53.7 Å². The average molecular weight is 386 g/mol. The maximum atomic E-state index is 13.0. The van der Waals surface area contributed by atoms with Crippen molar-refractivity contribution in [2.75, 3.05) is 12.9 Å². The van der Waals surface area contributed by atoms with Crippen molar-refractivity contribution in [3.63, 3.8) is 0 Å². The molecule has 0 fully saturated rings. The number of H-pyrrole nitrogens is 1. The number of aromatic nitrogens is 3. The Labute approximate surface area is 160 Å². The van der Waals surface area contributed by atoms with Crippen LogP contribution < -0.4 is 10.1 Å². The SMILES string of the molecule is COc1ccc(-c2nc(SCC(=O)NC(C)c3ccc(F)cc3)n[nH]2)cc1. The number of amides is 1. The molecule has 8 heteroatoms. The lowest BCUT2D eigenvalue weighted by Gasteiger charge is -2.13. The van der Waals surface area contributed by atoms with E-state index in [1.54, 1.807) is 19.2 Å². The molecule has 0 spiro atoms. The molecule has 2 N–H and O–H groups in total. The first kappa shape index (κ1) is 18.9. The third-order valence-corrected chi connectivity index (χ3v) is 4.76. The van der Waals surface area contributed by atoms with Crippen LogP contribution in [0.2, 0.25) is 0 Å². The van der Waals surface area contributed by atoms with Gasteiger partial charge in [0.15, 0.2) is 5.82 Å². The summed E-state index contributed by atoms with van der Waals surface area (Å²) in [6.07, 6.45) is 0. The number of carbonyl (C=O) groups excluding carboxylic acids is 1. The zero-order chi connectivity index (χ0) is 19.2. The number of ether oxygens (including phenoxy) is 1. The molecular weight excluding hydrogens is 367 g/mol. The van der Waals surface area contributed by atoms with Gasteiger partial charge in [0, 0.05) is 5.56 Å². The Bertz CT molecular complexity index is 897. The van der Waals surface area contributed by atoms with Crippen molar-refractivity contribution in [2.45, 2.75) is 18.1 Å². The molecule has 0 aliphatic heterocycles. The number of benzene rings is 2. The van der Waals surface area contributed by atoms with E-state index in [0.717, 1.165) is 16.9 Å². The Hall–Kier alpha value is -2.87. The van der Waals surface area contributed by atoms with Crippen LogP contribution >= 0.6 is 11.8 Å². The van der Waals surface area contributed by atoms with E-state index in [-0.39, 0.29) is 23.5 Å². The molecule has 1 aromatic heterocycles. The van der Waals surface area contributed by atoms with Gasteiger partial charge in [0.1, 0.15) is 11.6 Å². The standard InChI is InChI=1S/C19H19FN4O2S/c1-12(13-3-7-15(20)8-4-13)21-17(25)11-27-19-22-18(23-24-19)14-5-9-16(26-2)10-6-14/h3-10,12H,11H2,1-2H3,(H,21,25)(H,22,23,24). The Morgan fingerprint density at radius 2 is 1.93 bits per heavy atom. The van der Waals surface area contributed by atoms with Gasteiger partial charge in [0.2, 0.25) is 11.1 Å². The van der Waals surface area contributed by atoms with Gasteiger partial charge in [-0.1, -0.05) is 23.9 Å². The van der Waals surface area contributed by atoms with Crippen molar-refractivity contribution < 1.29 is 13.9 Å². The third kappa shape index (κ3) is 5.07. The van der Waals surface area contributed by atoms with Crippen molar-refractivity contribution in [1.82, 2.24) is 20.5 Å². The van der Waals surface area contributed by atoms with Gasteiger partial charge in [-0.05, 0) is 48.9 Å². The number of hydrogen-bond donors (Lipinski definition) is 2. The lowest BCUT2D eigenvalue weighted by atomic mass is 10.1. The molecule has 27 heavy (non-hydrogen) atoms. The molecule has 6 nitrogen and oxygen atoms in total. The minimum atomic E-state index is -0.301.